The van der Waals surface area contributed by atoms with Crippen LogP contribution in [0.3, 0.4) is 0 Å². The molecule has 3 N–H and O–H groups in total. The Morgan fingerprint density at radius 3 is 2.00 bits per heavy atom. The van der Waals surface area contributed by atoms with Crippen molar-refractivity contribution in [3.05, 3.63) is 53.6 Å². The molecule has 0 fully saturated rings. The number of amides is 3. The fourth-order valence-electron chi connectivity index (χ4n) is 2.40. The number of rotatable bonds is 8. The number of carbonyl (C=O) groups excluding carboxylic acids is 3. The van der Waals surface area contributed by atoms with Gasteiger partial charge in [0.1, 0.15) is 0 Å². The zero-order chi connectivity index (χ0) is 20.5. The lowest BCUT2D eigenvalue weighted by molar-refractivity contribution is -0.118. The first-order valence-corrected chi connectivity index (χ1v) is 8.60. The molecule has 0 radical (unpaired) electrons. The third-order valence-corrected chi connectivity index (χ3v) is 3.84. The normalized spacial score (nSPS) is 9.96. The van der Waals surface area contributed by atoms with Crippen LogP contribution in [0, 0.1) is 0 Å². The van der Waals surface area contributed by atoms with Gasteiger partial charge in [-0.25, -0.2) is 0 Å². The van der Waals surface area contributed by atoms with E-state index in [9.17, 15) is 14.4 Å². The molecule has 0 aliphatic carbocycles. The summed E-state index contributed by atoms with van der Waals surface area (Å²) < 4.78 is 10.4. The van der Waals surface area contributed by atoms with Crippen molar-refractivity contribution in [3.8, 4) is 11.5 Å². The summed E-state index contributed by atoms with van der Waals surface area (Å²) in [6, 6.07) is 11.4. The number of carbonyl (C=O) groups is 3. The van der Waals surface area contributed by atoms with Gasteiger partial charge in [0.2, 0.25) is 5.91 Å². The number of nitrogens with one attached hydrogen (secondary N) is 3. The number of methoxy groups -OCH3 is 2. The van der Waals surface area contributed by atoms with Crippen molar-refractivity contribution in [1.82, 2.24) is 10.6 Å². The summed E-state index contributed by atoms with van der Waals surface area (Å²) in [6.07, 6.45) is 0. The van der Waals surface area contributed by atoms with Gasteiger partial charge in [-0.3, -0.25) is 14.4 Å². The molecule has 0 heterocycles. The third kappa shape index (κ3) is 5.73. The first kappa shape index (κ1) is 20.8. The highest BCUT2D eigenvalue weighted by atomic mass is 16.5. The van der Waals surface area contributed by atoms with Crippen LogP contribution >= 0.6 is 0 Å². The summed E-state index contributed by atoms with van der Waals surface area (Å²) in [5, 5.41) is 8.06. The van der Waals surface area contributed by atoms with Crippen LogP contribution in [0.5, 0.6) is 11.5 Å². The summed E-state index contributed by atoms with van der Waals surface area (Å²) in [5.74, 6) is 0.273. The highest BCUT2D eigenvalue weighted by molar-refractivity contribution is 6.05. The van der Waals surface area contributed by atoms with E-state index in [1.807, 2.05) is 0 Å². The van der Waals surface area contributed by atoms with Crippen molar-refractivity contribution < 1.29 is 23.9 Å². The summed E-state index contributed by atoms with van der Waals surface area (Å²) in [5.41, 5.74) is 1.42. The molecule has 8 heteroatoms. The number of benzene rings is 2. The van der Waals surface area contributed by atoms with E-state index in [0.717, 1.165) is 0 Å². The Balaban J connectivity index is 1.95. The molecule has 3 amide bonds. The van der Waals surface area contributed by atoms with E-state index in [2.05, 4.69) is 16.0 Å². The van der Waals surface area contributed by atoms with Gasteiger partial charge < -0.3 is 25.4 Å². The quantitative estimate of drug-likeness (QED) is 0.601. The second kappa shape index (κ2) is 9.96. The van der Waals surface area contributed by atoms with Crippen molar-refractivity contribution >= 4 is 23.4 Å². The Morgan fingerprint density at radius 1 is 0.786 bits per heavy atom. The lowest BCUT2D eigenvalue weighted by atomic mass is 10.1. The Hall–Kier alpha value is -3.55. The second-order valence-corrected chi connectivity index (χ2v) is 5.84. The van der Waals surface area contributed by atoms with Crippen LogP contribution in [-0.4, -0.2) is 45.0 Å². The lowest BCUT2D eigenvalue weighted by Gasteiger charge is -2.10. The molecule has 0 saturated heterocycles. The van der Waals surface area contributed by atoms with Crippen molar-refractivity contribution in [2.75, 3.05) is 32.6 Å². The van der Waals surface area contributed by atoms with Crippen molar-refractivity contribution in [3.63, 3.8) is 0 Å². The van der Waals surface area contributed by atoms with Gasteiger partial charge >= 0.3 is 0 Å². The van der Waals surface area contributed by atoms with Crippen LogP contribution in [0.4, 0.5) is 5.69 Å². The molecule has 0 aromatic heterocycles. The molecule has 0 aliphatic rings. The fourth-order valence-corrected chi connectivity index (χ4v) is 2.40. The molecular formula is C20H23N3O5. The molecule has 0 unspecified atom stereocenters. The number of anilines is 1. The topological polar surface area (TPSA) is 106 Å². The van der Waals surface area contributed by atoms with E-state index in [0.29, 0.717) is 41.4 Å². The van der Waals surface area contributed by atoms with Gasteiger partial charge in [0.15, 0.2) is 11.5 Å². The highest BCUT2D eigenvalue weighted by Gasteiger charge is 2.11. The summed E-state index contributed by atoms with van der Waals surface area (Å²) in [6.45, 7) is 2.10. The molecule has 2 aromatic carbocycles. The van der Waals surface area contributed by atoms with Crippen molar-refractivity contribution in [1.29, 1.82) is 0 Å². The predicted octanol–water partition coefficient (Wildman–Crippen LogP) is 1.82. The smallest absolute Gasteiger partial charge is 0.255 e. The molecule has 28 heavy (non-hydrogen) atoms. The zero-order valence-corrected chi connectivity index (χ0v) is 16.0. The summed E-state index contributed by atoms with van der Waals surface area (Å²) in [4.78, 5) is 35.2. The van der Waals surface area contributed by atoms with E-state index in [-0.39, 0.29) is 17.7 Å². The molecule has 0 atom stereocenters. The summed E-state index contributed by atoms with van der Waals surface area (Å²) >= 11 is 0. The van der Waals surface area contributed by atoms with E-state index in [4.69, 9.17) is 9.47 Å². The molecule has 0 saturated carbocycles. The minimum atomic E-state index is -0.312. The molecule has 2 rings (SSSR count). The lowest BCUT2D eigenvalue weighted by Crippen LogP contribution is -2.33. The molecule has 2 aromatic rings. The van der Waals surface area contributed by atoms with Crippen LogP contribution in [0.15, 0.2) is 42.5 Å². The SMILES string of the molecule is COc1ccc(C(=O)Nc2ccc(C(=O)NCCNC(C)=O)cc2)cc1OC. The first-order valence-electron chi connectivity index (χ1n) is 8.60. The van der Waals surface area contributed by atoms with Gasteiger partial charge in [-0.05, 0) is 42.5 Å². The van der Waals surface area contributed by atoms with Crippen LogP contribution in [-0.2, 0) is 4.79 Å². The largest absolute Gasteiger partial charge is 0.493 e. The molecule has 0 bridgehead atoms. The van der Waals surface area contributed by atoms with Crippen LogP contribution in [0.2, 0.25) is 0 Å². The Kier molecular flexibility index (Phi) is 7.38. The second-order valence-electron chi connectivity index (χ2n) is 5.84. The molecule has 8 nitrogen and oxygen atoms in total. The number of hydrogen-bond donors (Lipinski definition) is 3. The molecular weight excluding hydrogens is 362 g/mol. The Labute approximate surface area is 163 Å². The average molecular weight is 385 g/mol. The minimum Gasteiger partial charge on any atom is -0.493 e. The predicted molar refractivity (Wildman–Crippen MR) is 105 cm³/mol. The molecule has 0 aliphatic heterocycles. The summed E-state index contributed by atoms with van der Waals surface area (Å²) in [7, 11) is 3.02. The average Bonchev–Trinajstić information content (AvgIpc) is 2.70. The van der Waals surface area contributed by atoms with Crippen LogP contribution in [0.25, 0.3) is 0 Å². The van der Waals surface area contributed by atoms with Gasteiger partial charge in [-0.1, -0.05) is 0 Å². The van der Waals surface area contributed by atoms with Crippen LogP contribution < -0.4 is 25.4 Å². The standard InChI is InChI=1S/C20H23N3O5/c1-13(24)21-10-11-22-19(25)14-4-7-16(8-5-14)23-20(26)15-6-9-17(27-2)18(12-15)28-3/h4-9,12H,10-11H2,1-3H3,(H,21,24)(H,22,25)(H,23,26). The maximum atomic E-state index is 12.4. The molecule has 148 valence electrons. The van der Waals surface area contributed by atoms with E-state index in [1.54, 1.807) is 42.5 Å². The van der Waals surface area contributed by atoms with E-state index < -0.39 is 0 Å². The van der Waals surface area contributed by atoms with E-state index >= 15 is 0 Å². The minimum absolute atomic E-state index is 0.149. The number of hydrogen-bond acceptors (Lipinski definition) is 5. The molecule has 0 spiro atoms. The fraction of sp³-hybridized carbons (Fsp3) is 0.250. The Bertz CT molecular complexity index is 849. The van der Waals surface area contributed by atoms with Gasteiger partial charge in [0.25, 0.3) is 11.8 Å². The first-order chi connectivity index (χ1) is 13.4. The maximum absolute atomic E-state index is 12.4. The maximum Gasteiger partial charge on any atom is 0.255 e. The van der Waals surface area contributed by atoms with Crippen molar-refractivity contribution in [2.45, 2.75) is 6.92 Å². The van der Waals surface area contributed by atoms with Gasteiger partial charge in [0.05, 0.1) is 14.2 Å². The third-order valence-electron chi connectivity index (χ3n) is 3.84. The van der Waals surface area contributed by atoms with Crippen molar-refractivity contribution in [2.24, 2.45) is 0 Å². The monoisotopic (exact) mass is 385 g/mol. The Morgan fingerprint density at radius 2 is 1.39 bits per heavy atom. The van der Waals surface area contributed by atoms with Gasteiger partial charge in [-0.15, -0.1) is 0 Å². The number of ether oxygens (including phenoxy) is 2. The zero-order valence-electron chi connectivity index (χ0n) is 16.0. The van der Waals surface area contributed by atoms with Gasteiger partial charge in [0, 0.05) is 36.8 Å². The van der Waals surface area contributed by atoms with Gasteiger partial charge in [-0.2, -0.15) is 0 Å². The van der Waals surface area contributed by atoms with Crippen LogP contribution in [0.1, 0.15) is 27.6 Å². The van der Waals surface area contributed by atoms with E-state index in [1.165, 1.54) is 21.1 Å². The highest BCUT2D eigenvalue weighted by Crippen LogP contribution is 2.27.